The van der Waals surface area contributed by atoms with E-state index in [4.69, 9.17) is 4.74 Å². The van der Waals surface area contributed by atoms with Crippen molar-refractivity contribution >= 4 is 6.09 Å². The number of nitrogens with one attached hydrogen (secondary N) is 1. The second-order valence-electron chi connectivity index (χ2n) is 8.32. The summed E-state index contributed by atoms with van der Waals surface area (Å²) in [5, 5.41) is 3.03. The van der Waals surface area contributed by atoms with Crippen molar-refractivity contribution in [1.29, 1.82) is 0 Å². The number of alkyl carbamates (subject to hydrolysis) is 1. The van der Waals surface area contributed by atoms with Gasteiger partial charge in [-0.1, -0.05) is 0 Å². The fourth-order valence-corrected chi connectivity index (χ4v) is 3.68. The summed E-state index contributed by atoms with van der Waals surface area (Å²) in [6.07, 6.45) is 4.22. The molecule has 1 saturated heterocycles. The molecule has 1 aliphatic carbocycles. The number of carbonyl (C=O) groups excluding carboxylic acids is 1. The fourth-order valence-electron chi connectivity index (χ4n) is 3.68. The molecule has 0 unspecified atom stereocenters. The van der Waals surface area contributed by atoms with E-state index >= 15 is 0 Å². The molecule has 2 rings (SSSR count). The second kappa shape index (κ2) is 7.84. The molecule has 1 saturated carbocycles. The third-order valence-corrected chi connectivity index (χ3v) is 5.01. The Labute approximate surface area is 141 Å². The molecule has 0 spiro atoms. The largest absolute Gasteiger partial charge is 0.444 e. The number of nitrogens with zero attached hydrogens (tertiary/aromatic N) is 2. The highest BCUT2D eigenvalue weighted by Crippen LogP contribution is 2.24. The van der Waals surface area contributed by atoms with E-state index in [1.54, 1.807) is 0 Å². The Bertz CT molecular complexity index is 376. The molecule has 23 heavy (non-hydrogen) atoms. The number of ether oxygens (including phenoxy) is 1. The normalized spacial score (nSPS) is 27.9. The van der Waals surface area contributed by atoms with Crippen LogP contribution in [-0.4, -0.2) is 65.8 Å². The first-order chi connectivity index (χ1) is 10.7. The van der Waals surface area contributed by atoms with Crippen LogP contribution in [0.2, 0.25) is 0 Å². The van der Waals surface area contributed by atoms with Crippen LogP contribution in [0.4, 0.5) is 4.79 Å². The van der Waals surface area contributed by atoms with Crippen LogP contribution in [0.25, 0.3) is 0 Å². The van der Waals surface area contributed by atoms with Crippen LogP contribution in [0.5, 0.6) is 0 Å². The first kappa shape index (κ1) is 18.5. The molecule has 0 aromatic heterocycles. The summed E-state index contributed by atoms with van der Waals surface area (Å²) in [7, 11) is 0. The number of carbonyl (C=O) groups is 1. The minimum absolute atomic E-state index is 0.272. The van der Waals surface area contributed by atoms with E-state index in [2.05, 4.69) is 29.0 Å². The molecule has 2 aliphatic rings. The molecular formula is C18H35N3O2. The smallest absolute Gasteiger partial charge is 0.407 e. The van der Waals surface area contributed by atoms with Crippen molar-refractivity contribution in [2.45, 2.75) is 84.0 Å². The van der Waals surface area contributed by atoms with Crippen LogP contribution in [0.1, 0.15) is 60.3 Å². The average molecular weight is 325 g/mol. The van der Waals surface area contributed by atoms with Gasteiger partial charge < -0.3 is 10.1 Å². The number of hydrogen-bond acceptors (Lipinski definition) is 4. The van der Waals surface area contributed by atoms with Gasteiger partial charge in [0.05, 0.1) is 0 Å². The van der Waals surface area contributed by atoms with Gasteiger partial charge in [0.1, 0.15) is 5.60 Å². The Morgan fingerprint density at radius 1 is 1.04 bits per heavy atom. The van der Waals surface area contributed by atoms with Gasteiger partial charge in [0.2, 0.25) is 0 Å². The highest BCUT2D eigenvalue weighted by atomic mass is 16.6. The lowest BCUT2D eigenvalue weighted by Gasteiger charge is -2.43. The number of amides is 1. The lowest BCUT2D eigenvalue weighted by atomic mass is 9.90. The van der Waals surface area contributed by atoms with Crippen LogP contribution in [0.15, 0.2) is 0 Å². The summed E-state index contributed by atoms with van der Waals surface area (Å²) in [5.74, 6) is 0. The predicted molar refractivity (Wildman–Crippen MR) is 93.7 cm³/mol. The molecule has 0 aromatic carbocycles. The molecule has 2 fully saturated rings. The summed E-state index contributed by atoms with van der Waals surface area (Å²) in [4.78, 5) is 17.1. The molecule has 1 aliphatic heterocycles. The van der Waals surface area contributed by atoms with Gasteiger partial charge in [0.15, 0.2) is 0 Å². The molecule has 0 bridgehead atoms. The highest BCUT2D eigenvalue weighted by Gasteiger charge is 2.30. The second-order valence-corrected chi connectivity index (χ2v) is 8.32. The molecule has 0 aromatic rings. The Morgan fingerprint density at radius 3 is 2.09 bits per heavy atom. The molecule has 0 atom stereocenters. The van der Waals surface area contributed by atoms with Gasteiger partial charge in [-0.2, -0.15) is 0 Å². The molecule has 134 valence electrons. The maximum Gasteiger partial charge on any atom is 0.407 e. The maximum absolute atomic E-state index is 11.9. The quantitative estimate of drug-likeness (QED) is 0.866. The number of rotatable bonds is 3. The van der Waals surface area contributed by atoms with Crippen molar-refractivity contribution in [3.63, 3.8) is 0 Å². The van der Waals surface area contributed by atoms with Gasteiger partial charge in [-0.15, -0.1) is 0 Å². The maximum atomic E-state index is 11.9. The third kappa shape index (κ3) is 5.96. The van der Waals surface area contributed by atoms with E-state index in [1.807, 2.05) is 20.8 Å². The summed E-state index contributed by atoms with van der Waals surface area (Å²) in [6, 6.07) is 1.63. The minimum Gasteiger partial charge on any atom is -0.444 e. The van der Waals surface area contributed by atoms with E-state index in [1.165, 1.54) is 39.0 Å². The Kier molecular flexibility index (Phi) is 6.32. The summed E-state index contributed by atoms with van der Waals surface area (Å²) >= 11 is 0. The lowest BCUT2D eigenvalue weighted by Crippen LogP contribution is -2.53. The van der Waals surface area contributed by atoms with Crippen molar-refractivity contribution in [3.8, 4) is 0 Å². The van der Waals surface area contributed by atoms with E-state index < -0.39 is 5.60 Å². The molecular weight excluding hydrogens is 290 g/mol. The molecule has 1 amide bonds. The van der Waals surface area contributed by atoms with Crippen molar-refractivity contribution in [1.82, 2.24) is 15.1 Å². The zero-order chi connectivity index (χ0) is 17.0. The zero-order valence-corrected chi connectivity index (χ0v) is 15.6. The van der Waals surface area contributed by atoms with Crippen molar-refractivity contribution in [2.24, 2.45) is 0 Å². The third-order valence-electron chi connectivity index (χ3n) is 5.01. The van der Waals surface area contributed by atoms with Gasteiger partial charge in [0, 0.05) is 44.3 Å². The van der Waals surface area contributed by atoms with Crippen molar-refractivity contribution in [2.75, 3.05) is 26.2 Å². The average Bonchev–Trinajstić information content (AvgIpc) is 2.46. The number of hydrogen-bond donors (Lipinski definition) is 1. The first-order valence-electron chi connectivity index (χ1n) is 9.22. The molecule has 1 heterocycles. The fraction of sp³-hybridized carbons (Fsp3) is 0.944. The van der Waals surface area contributed by atoms with Crippen molar-refractivity contribution < 1.29 is 9.53 Å². The van der Waals surface area contributed by atoms with Crippen LogP contribution in [0.3, 0.4) is 0 Å². The van der Waals surface area contributed by atoms with E-state index in [-0.39, 0.29) is 12.1 Å². The SMILES string of the molecule is CC(C)N1CCN(C2CCC(NC(=O)OC(C)(C)C)CC2)CC1. The van der Waals surface area contributed by atoms with Gasteiger partial charge >= 0.3 is 6.09 Å². The summed E-state index contributed by atoms with van der Waals surface area (Å²) in [5.41, 5.74) is -0.419. The first-order valence-corrected chi connectivity index (χ1v) is 9.22. The van der Waals surface area contributed by atoms with E-state index in [0.717, 1.165) is 12.8 Å². The number of piperazine rings is 1. The van der Waals surface area contributed by atoms with E-state index in [0.29, 0.717) is 12.1 Å². The molecule has 5 nitrogen and oxygen atoms in total. The lowest BCUT2D eigenvalue weighted by molar-refractivity contribution is 0.0432. The summed E-state index contributed by atoms with van der Waals surface area (Å²) in [6.45, 7) is 15.0. The minimum atomic E-state index is -0.419. The van der Waals surface area contributed by atoms with Crippen LogP contribution < -0.4 is 5.32 Å². The standard InChI is InChI=1S/C18H35N3O2/c1-14(2)20-10-12-21(13-11-20)16-8-6-15(7-9-16)19-17(22)23-18(3,4)5/h14-16H,6-13H2,1-5H3,(H,19,22). The Balaban J connectivity index is 1.69. The Morgan fingerprint density at radius 2 is 1.61 bits per heavy atom. The predicted octanol–water partition coefficient (Wildman–Crippen LogP) is 2.85. The van der Waals surface area contributed by atoms with E-state index in [9.17, 15) is 4.79 Å². The summed E-state index contributed by atoms with van der Waals surface area (Å²) < 4.78 is 5.35. The molecule has 0 radical (unpaired) electrons. The van der Waals surface area contributed by atoms with Crippen LogP contribution in [0, 0.1) is 0 Å². The van der Waals surface area contributed by atoms with Crippen LogP contribution >= 0.6 is 0 Å². The topological polar surface area (TPSA) is 44.8 Å². The zero-order valence-electron chi connectivity index (χ0n) is 15.6. The Hall–Kier alpha value is -0.810. The van der Waals surface area contributed by atoms with Gasteiger partial charge in [0.25, 0.3) is 0 Å². The molecule has 5 heteroatoms. The van der Waals surface area contributed by atoms with Gasteiger partial charge in [-0.25, -0.2) is 4.79 Å². The highest BCUT2D eigenvalue weighted by molar-refractivity contribution is 5.68. The van der Waals surface area contributed by atoms with Crippen molar-refractivity contribution in [3.05, 3.63) is 0 Å². The van der Waals surface area contributed by atoms with Crippen LogP contribution in [-0.2, 0) is 4.74 Å². The van der Waals surface area contributed by atoms with Gasteiger partial charge in [-0.3, -0.25) is 9.80 Å². The van der Waals surface area contributed by atoms with Gasteiger partial charge in [-0.05, 0) is 60.3 Å². The monoisotopic (exact) mass is 325 g/mol. The molecule has 1 N–H and O–H groups in total.